The Morgan fingerprint density at radius 2 is 2.29 bits per heavy atom. The molecule has 0 bridgehead atoms. The molecule has 1 aliphatic rings. The summed E-state index contributed by atoms with van der Waals surface area (Å²) in [5.41, 5.74) is -0.179. The van der Waals surface area contributed by atoms with E-state index in [0.717, 1.165) is 18.7 Å². The van der Waals surface area contributed by atoms with Crippen molar-refractivity contribution in [1.29, 1.82) is 0 Å². The van der Waals surface area contributed by atoms with E-state index in [9.17, 15) is 9.59 Å². The van der Waals surface area contributed by atoms with Gasteiger partial charge >= 0.3 is 0 Å². The zero-order valence-electron chi connectivity index (χ0n) is 9.99. The van der Waals surface area contributed by atoms with Crippen LogP contribution in [0.25, 0.3) is 0 Å². The molecule has 2 N–H and O–H groups in total. The number of amides is 1. The number of anilines is 1. The molecule has 17 heavy (non-hydrogen) atoms. The first-order valence-electron chi connectivity index (χ1n) is 5.61. The van der Waals surface area contributed by atoms with Crippen LogP contribution in [0.2, 0.25) is 0 Å². The maximum Gasteiger partial charge on any atom is 0.252 e. The normalized spacial score (nSPS) is 14.5. The first-order chi connectivity index (χ1) is 8.06. The van der Waals surface area contributed by atoms with Crippen molar-refractivity contribution in [3.05, 3.63) is 22.2 Å². The molecule has 1 fully saturated rings. The Bertz CT molecular complexity index is 477. The van der Waals surface area contributed by atoms with Gasteiger partial charge in [-0.3, -0.25) is 9.59 Å². The minimum atomic E-state index is -0.179. The van der Waals surface area contributed by atoms with E-state index in [4.69, 9.17) is 0 Å². The minimum absolute atomic E-state index is 0.0555. The third-order valence-electron chi connectivity index (χ3n) is 2.64. The summed E-state index contributed by atoms with van der Waals surface area (Å²) in [5, 5.41) is 2.87. The van der Waals surface area contributed by atoms with Gasteiger partial charge in [0.1, 0.15) is 11.6 Å². The Morgan fingerprint density at radius 3 is 2.88 bits per heavy atom. The monoisotopic (exact) mass is 236 g/mol. The van der Waals surface area contributed by atoms with Gasteiger partial charge in [-0.25, -0.2) is 4.98 Å². The van der Waals surface area contributed by atoms with E-state index in [2.05, 4.69) is 15.3 Å². The van der Waals surface area contributed by atoms with Crippen LogP contribution in [-0.2, 0) is 4.79 Å². The molecule has 2 rings (SSSR count). The van der Waals surface area contributed by atoms with Crippen LogP contribution in [0.1, 0.15) is 24.6 Å². The number of aromatic nitrogens is 2. The third-order valence-corrected chi connectivity index (χ3v) is 2.64. The number of nitrogens with zero attached hydrogens (tertiary/aromatic N) is 2. The second-order valence-electron chi connectivity index (χ2n) is 4.43. The summed E-state index contributed by atoms with van der Waals surface area (Å²) in [6.07, 6.45) is 2.14. The number of carbonyl (C=O) groups excluding carboxylic acids is 1. The van der Waals surface area contributed by atoms with Crippen molar-refractivity contribution in [2.75, 3.05) is 26.0 Å². The molecule has 1 saturated carbocycles. The molecular weight excluding hydrogens is 220 g/mol. The quantitative estimate of drug-likeness (QED) is 0.780. The van der Waals surface area contributed by atoms with Gasteiger partial charge in [-0.05, 0) is 12.8 Å². The van der Waals surface area contributed by atoms with Crippen molar-refractivity contribution in [3.63, 3.8) is 0 Å². The summed E-state index contributed by atoms with van der Waals surface area (Å²) < 4.78 is 0. The molecule has 0 saturated heterocycles. The Labute approximate surface area is 99.1 Å². The lowest BCUT2D eigenvalue weighted by molar-refractivity contribution is -0.126. The van der Waals surface area contributed by atoms with Gasteiger partial charge in [0.2, 0.25) is 5.91 Å². The molecule has 0 atom stereocenters. The van der Waals surface area contributed by atoms with Crippen LogP contribution in [0.15, 0.2) is 10.9 Å². The number of hydrogen-bond acceptors (Lipinski definition) is 4. The number of H-pyrrole nitrogens is 1. The SMILES string of the molecule is CN(C)C(=O)CNc1cc(=O)[nH]c(C2CC2)n1. The largest absolute Gasteiger partial charge is 0.361 e. The van der Waals surface area contributed by atoms with E-state index < -0.39 is 0 Å². The second-order valence-corrected chi connectivity index (χ2v) is 4.43. The molecule has 0 aliphatic heterocycles. The highest BCUT2D eigenvalue weighted by Crippen LogP contribution is 2.37. The molecule has 0 spiro atoms. The number of hydrogen-bond donors (Lipinski definition) is 2. The number of carbonyl (C=O) groups is 1. The van der Waals surface area contributed by atoms with Crippen molar-refractivity contribution in [2.45, 2.75) is 18.8 Å². The topological polar surface area (TPSA) is 78.1 Å². The fraction of sp³-hybridized carbons (Fsp3) is 0.545. The third kappa shape index (κ3) is 3.05. The second kappa shape index (κ2) is 4.57. The predicted octanol–water partition coefficient (Wildman–Crippen LogP) is 0.147. The lowest BCUT2D eigenvalue weighted by atomic mass is 10.4. The van der Waals surface area contributed by atoms with E-state index >= 15 is 0 Å². The van der Waals surface area contributed by atoms with E-state index in [-0.39, 0.29) is 18.0 Å². The zero-order chi connectivity index (χ0) is 12.4. The average molecular weight is 236 g/mol. The van der Waals surface area contributed by atoms with Crippen LogP contribution in [-0.4, -0.2) is 41.4 Å². The van der Waals surface area contributed by atoms with Gasteiger partial charge in [-0.2, -0.15) is 0 Å². The Hall–Kier alpha value is -1.85. The maximum atomic E-state index is 11.4. The first-order valence-corrected chi connectivity index (χ1v) is 5.61. The Morgan fingerprint density at radius 1 is 1.59 bits per heavy atom. The molecule has 92 valence electrons. The van der Waals surface area contributed by atoms with Crippen LogP contribution >= 0.6 is 0 Å². The van der Waals surface area contributed by atoms with Crippen molar-refractivity contribution < 1.29 is 4.79 Å². The van der Waals surface area contributed by atoms with Crippen LogP contribution in [0.3, 0.4) is 0 Å². The van der Waals surface area contributed by atoms with Crippen molar-refractivity contribution in [2.24, 2.45) is 0 Å². The van der Waals surface area contributed by atoms with E-state index in [1.807, 2.05) is 0 Å². The van der Waals surface area contributed by atoms with E-state index in [0.29, 0.717) is 11.7 Å². The lowest BCUT2D eigenvalue weighted by Gasteiger charge is -2.11. The highest BCUT2D eigenvalue weighted by molar-refractivity contribution is 5.79. The lowest BCUT2D eigenvalue weighted by Crippen LogP contribution is -2.29. The highest BCUT2D eigenvalue weighted by atomic mass is 16.2. The summed E-state index contributed by atoms with van der Waals surface area (Å²) in [5.74, 6) is 1.51. The summed E-state index contributed by atoms with van der Waals surface area (Å²) in [6.45, 7) is 0.146. The van der Waals surface area contributed by atoms with Crippen molar-refractivity contribution in [1.82, 2.24) is 14.9 Å². The number of rotatable bonds is 4. The molecule has 1 aliphatic carbocycles. The van der Waals surface area contributed by atoms with Crippen molar-refractivity contribution in [3.8, 4) is 0 Å². The van der Waals surface area contributed by atoms with E-state index in [1.54, 1.807) is 14.1 Å². The van der Waals surface area contributed by atoms with Gasteiger partial charge in [0.25, 0.3) is 5.56 Å². The molecule has 0 unspecified atom stereocenters. The van der Waals surface area contributed by atoms with Crippen LogP contribution in [0.5, 0.6) is 0 Å². The first kappa shape index (κ1) is 11.6. The fourth-order valence-electron chi connectivity index (χ4n) is 1.44. The molecular formula is C11H16N4O2. The highest BCUT2D eigenvalue weighted by Gasteiger charge is 2.26. The van der Waals surface area contributed by atoms with Gasteiger partial charge < -0.3 is 15.2 Å². The molecule has 1 heterocycles. The van der Waals surface area contributed by atoms with Gasteiger partial charge in [0.15, 0.2) is 0 Å². The maximum absolute atomic E-state index is 11.4. The standard InChI is InChI=1S/C11H16N4O2/c1-15(2)10(17)6-12-8-5-9(16)14-11(13-8)7-3-4-7/h5,7H,3-4,6H2,1-2H3,(H2,12,13,14,16). The van der Waals surface area contributed by atoms with Crippen LogP contribution in [0, 0.1) is 0 Å². The molecule has 6 nitrogen and oxygen atoms in total. The minimum Gasteiger partial charge on any atom is -0.361 e. The molecule has 6 heteroatoms. The van der Waals surface area contributed by atoms with Gasteiger partial charge in [0.05, 0.1) is 6.54 Å². The Balaban J connectivity index is 2.05. The summed E-state index contributed by atoms with van der Waals surface area (Å²) in [4.78, 5) is 31.3. The Kier molecular flexibility index (Phi) is 3.12. The summed E-state index contributed by atoms with van der Waals surface area (Å²) in [6, 6.07) is 1.37. The average Bonchev–Trinajstić information content (AvgIpc) is 3.08. The zero-order valence-corrected chi connectivity index (χ0v) is 9.99. The molecule has 0 radical (unpaired) electrons. The fourth-order valence-corrected chi connectivity index (χ4v) is 1.44. The number of nitrogens with one attached hydrogen (secondary N) is 2. The molecule has 1 aromatic heterocycles. The molecule has 0 aromatic carbocycles. The van der Waals surface area contributed by atoms with Gasteiger partial charge in [0, 0.05) is 26.1 Å². The van der Waals surface area contributed by atoms with E-state index in [1.165, 1.54) is 11.0 Å². The molecule has 1 amide bonds. The van der Waals surface area contributed by atoms with Crippen LogP contribution in [0.4, 0.5) is 5.82 Å². The van der Waals surface area contributed by atoms with Crippen molar-refractivity contribution >= 4 is 11.7 Å². The molecule has 1 aromatic rings. The number of aromatic amines is 1. The predicted molar refractivity (Wildman–Crippen MR) is 64.0 cm³/mol. The van der Waals surface area contributed by atoms with Gasteiger partial charge in [-0.15, -0.1) is 0 Å². The smallest absolute Gasteiger partial charge is 0.252 e. The summed E-state index contributed by atoms with van der Waals surface area (Å²) >= 11 is 0. The summed E-state index contributed by atoms with van der Waals surface area (Å²) in [7, 11) is 3.37. The van der Waals surface area contributed by atoms with Gasteiger partial charge in [-0.1, -0.05) is 0 Å². The number of likely N-dealkylation sites (N-methyl/N-ethyl adjacent to an activating group) is 1. The van der Waals surface area contributed by atoms with Crippen LogP contribution < -0.4 is 10.9 Å².